The molecule has 1 N–H and O–H groups in total. The highest BCUT2D eigenvalue weighted by atomic mass is 16.7. The zero-order valence-corrected chi connectivity index (χ0v) is 11.1. The van der Waals surface area contributed by atoms with E-state index in [0.29, 0.717) is 19.3 Å². The summed E-state index contributed by atoms with van der Waals surface area (Å²) in [6.45, 7) is 7.40. The second-order valence-corrected chi connectivity index (χ2v) is 4.64. The standard InChI is InChI=1S/C14H21NO3/c1-3-6-15-8-11(2)9-16-12-4-5-13-14(7-12)18-10-17-13/h4-5,7,11,15H,3,6,8-10H2,1-2H3. The Morgan fingerprint density at radius 1 is 1.33 bits per heavy atom. The Bertz CT molecular complexity index is 381. The number of hydrogen-bond acceptors (Lipinski definition) is 4. The summed E-state index contributed by atoms with van der Waals surface area (Å²) in [5, 5.41) is 3.39. The molecule has 1 aromatic carbocycles. The summed E-state index contributed by atoms with van der Waals surface area (Å²) >= 11 is 0. The minimum Gasteiger partial charge on any atom is -0.493 e. The molecule has 1 unspecified atom stereocenters. The third-order valence-corrected chi connectivity index (χ3v) is 2.80. The van der Waals surface area contributed by atoms with Crippen molar-refractivity contribution >= 4 is 0 Å². The van der Waals surface area contributed by atoms with Gasteiger partial charge in [0.1, 0.15) is 5.75 Å². The molecule has 0 radical (unpaired) electrons. The molecule has 1 atom stereocenters. The molecular weight excluding hydrogens is 230 g/mol. The first-order valence-corrected chi connectivity index (χ1v) is 6.52. The maximum absolute atomic E-state index is 5.75. The van der Waals surface area contributed by atoms with Crippen molar-refractivity contribution in [1.82, 2.24) is 5.32 Å². The monoisotopic (exact) mass is 251 g/mol. The fourth-order valence-corrected chi connectivity index (χ4v) is 1.79. The van der Waals surface area contributed by atoms with Gasteiger partial charge in [0.15, 0.2) is 11.5 Å². The van der Waals surface area contributed by atoms with Crippen LogP contribution in [-0.4, -0.2) is 26.5 Å². The molecule has 0 amide bonds. The number of fused-ring (bicyclic) bond motifs is 1. The second-order valence-electron chi connectivity index (χ2n) is 4.64. The average Bonchev–Trinajstić information content (AvgIpc) is 2.84. The Kier molecular flexibility index (Phi) is 4.70. The van der Waals surface area contributed by atoms with E-state index in [-0.39, 0.29) is 0 Å². The van der Waals surface area contributed by atoms with Crippen LogP contribution in [0.15, 0.2) is 18.2 Å². The summed E-state index contributed by atoms with van der Waals surface area (Å²) in [6.07, 6.45) is 1.16. The van der Waals surface area contributed by atoms with E-state index in [1.807, 2.05) is 18.2 Å². The summed E-state index contributed by atoms with van der Waals surface area (Å²) in [7, 11) is 0. The Labute approximate surface area is 108 Å². The van der Waals surface area contributed by atoms with Crippen LogP contribution in [0, 0.1) is 5.92 Å². The predicted octanol–water partition coefficient (Wildman–Crippen LogP) is 2.43. The van der Waals surface area contributed by atoms with Crippen LogP contribution in [0.4, 0.5) is 0 Å². The Balaban J connectivity index is 1.76. The smallest absolute Gasteiger partial charge is 0.231 e. The van der Waals surface area contributed by atoms with E-state index in [1.165, 1.54) is 0 Å². The van der Waals surface area contributed by atoms with Crippen LogP contribution in [-0.2, 0) is 0 Å². The van der Waals surface area contributed by atoms with Gasteiger partial charge in [-0.25, -0.2) is 0 Å². The van der Waals surface area contributed by atoms with Gasteiger partial charge < -0.3 is 19.5 Å². The maximum atomic E-state index is 5.75. The average molecular weight is 251 g/mol. The molecule has 4 nitrogen and oxygen atoms in total. The van der Waals surface area contributed by atoms with Gasteiger partial charge in [-0.05, 0) is 25.1 Å². The lowest BCUT2D eigenvalue weighted by Gasteiger charge is -2.14. The van der Waals surface area contributed by atoms with Crippen molar-refractivity contribution in [3.05, 3.63) is 18.2 Å². The molecular formula is C14H21NO3. The molecule has 0 fully saturated rings. The van der Waals surface area contributed by atoms with Gasteiger partial charge >= 0.3 is 0 Å². The third kappa shape index (κ3) is 3.53. The van der Waals surface area contributed by atoms with Crippen LogP contribution in [0.1, 0.15) is 20.3 Å². The van der Waals surface area contributed by atoms with Crippen LogP contribution in [0.3, 0.4) is 0 Å². The van der Waals surface area contributed by atoms with E-state index < -0.39 is 0 Å². The zero-order chi connectivity index (χ0) is 12.8. The van der Waals surface area contributed by atoms with Crippen molar-refractivity contribution in [2.45, 2.75) is 20.3 Å². The van der Waals surface area contributed by atoms with Gasteiger partial charge in [0.2, 0.25) is 6.79 Å². The minimum atomic E-state index is 0.302. The molecule has 100 valence electrons. The first-order chi connectivity index (χ1) is 8.79. The molecule has 2 rings (SSSR count). The van der Waals surface area contributed by atoms with E-state index in [2.05, 4.69) is 19.2 Å². The van der Waals surface area contributed by atoms with Crippen molar-refractivity contribution in [2.24, 2.45) is 5.92 Å². The van der Waals surface area contributed by atoms with E-state index in [0.717, 1.165) is 36.8 Å². The first kappa shape index (κ1) is 13.0. The Hall–Kier alpha value is -1.42. The normalized spacial score (nSPS) is 14.6. The molecule has 1 heterocycles. The number of rotatable bonds is 7. The Morgan fingerprint density at radius 3 is 3.00 bits per heavy atom. The lowest BCUT2D eigenvalue weighted by molar-refractivity contribution is 0.173. The second kappa shape index (κ2) is 6.50. The lowest BCUT2D eigenvalue weighted by Crippen LogP contribution is -2.25. The van der Waals surface area contributed by atoms with Crippen LogP contribution >= 0.6 is 0 Å². The third-order valence-electron chi connectivity index (χ3n) is 2.80. The molecule has 18 heavy (non-hydrogen) atoms. The summed E-state index contributed by atoms with van der Waals surface area (Å²) in [6, 6.07) is 5.69. The summed E-state index contributed by atoms with van der Waals surface area (Å²) < 4.78 is 16.3. The van der Waals surface area contributed by atoms with Crippen LogP contribution in [0.2, 0.25) is 0 Å². The van der Waals surface area contributed by atoms with Crippen molar-refractivity contribution in [2.75, 3.05) is 26.5 Å². The van der Waals surface area contributed by atoms with E-state index in [1.54, 1.807) is 0 Å². The quantitative estimate of drug-likeness (QED) is 0.756. The predicted molar refractivity (Wildman–Crippen MR) is 70.4 cm³/mol. The molecule has 1 aliphatic heterocycles. The summed E-state index contributed by atoms with van der Waals surface area (Å²) in [5.41, 5.74) is 0. The lowest BCUT2D eigenvalue weighted by atomic mass is 10.2. The fraction of sp³-hybridized carbons (Fsp3) is 0.571. The Morgan fingerprint density at radius 2 is 2.17 bits per heavy atom. The topological polar surface area (TPSA) is 39.7 Å². The highest BCUT2D eigenvalue weighted by molar-refractivity contribution is 5.46. The molecule has 4 heteroatoms. The number of ether oxygens (including phenoxy) is 3. The van der Waals surface area contributed by atoms with Gasteiger partial charge in [-0.2, -0.15) is 0 Å². The first-order valence-electron chi connectivity index (χ1n) is 6.52. The molecule has 0 spiro atoms. The maximum Gasteiger partial charge on any atom is 0.231 e. The largest absolute Gasteiger partial charge is 0.493 e. The summed E-state index contributed by atoms with van der Waals surface area (Å²) in [4.78, 5) is 0. The molecule has 0 saturated heterocycles. The highest BCUT2D eigenvalue weighted by Gasteiger charge is 2.14. The van der Waals surface area contributed by atoms with Crippen molar-refractivity contribution < 1.29 is 14.2 Å². The zero-order valence-electron chi connectivity index (χ0n) is 11.1. The molecule has 0 aromatic heterocycles. The minimum absolute atomic E-state index is 0.302. The van der Waals surface area contributed by atoms with Gasteiger partial charge in [0, 0.05) is 18.5 Å². The van der Waals surface area contributed by atoms with Gasteiger partial charge in [-0.1, -0.05) is 13.8 Å². The van der Waals surface area contributed by atoms with Crippen LogP contribution in [0.25, 0.3) is 0 Å². The van der Waals surface area contributed by atoms with Gasteiger partial charge in [-0.3, -0.25) is 0 Å². The van der Waals surface area contributed by atoms with Crippen molar-refractivity contribution in [1.29, 1.82) is 0 Å². The van der Waals surface area contributed by atoms with E-state index >= 15 is 0 Å². The summed E-state index contributed by atoms with van der Waals surface area (Å²) in [5.74, 6) is 2.88. The molecule has 0 saturated carbocycles. The molecule has 1 aromatic rings. The number of hydrogen-bond donors (Lipinski definition) is 1. The van der Waals surface area contributed by atoms with Crippen LogP contribution in [0.5, 0.6) is 17.2 Å². The highest BCUT2D eigenvalue weighted by Crippen LogP contribution is 2.35. The number of nitrogens with one attached hydrogen (secondary N) is 1. The van der Waals surface area contributed by atoms with E-state index in [4.69, 9.17) is 14.2 Å². The van der Waals surface area contributed by atoms with Crippen LogP contribution < -0.4 is 19.5 Å². The van der Waals surface area contributed by atoms with Gasteiger partial charge in [-0.15, -0.1) is 0 Å². The van der Waals surface area contributed by atoms with Crippen molar-refractivity contribution in [3.8, 4) is 17.2 Å². The van der Waals surface area contributed by atoms with Gasteiger partial charge in [0.05, 0.1) is 6.61 Å². The fourth-order valence-electron chi connectivity index (χ4n) is 1.79. The molecule has 0 aliphatic carbocycles. The van der Waals surface area contributed by atoms with Gasteiger partial charge in [0.25, 0.3) is 0 Å². The van der Waals surface area contributed by atoms with Crippen molar-refractivity contribution in [3.63, 3.8) is 0 Å². The SMILES string of the molecule is CCCNCC(C)COc1ccc2c(c1)OCO2. The number of benzene rings is 1. The molecule has 1 aliphatic rings. The van der Waals surface area contributed by atoms with E-state index in [9.17, 15) is 0 Å². The molecule has 0 bridgehead atoms.